The molecule has 0 saturated carbocycles. The van der Waals surface area contributed by atoms with Crippen molar-refractivity contribution in [2.75, 3.05) is 0 Å². The van der Waals surface area contributed by atoms with E-state index in [1.807, 2.05) is 0 Å². The largest absolute Gasteiger partial charge is 0.113 e. The second-order valence-corrected chi connectivity index (χ2v) is 22.6. The van der Waals surface area contributed by atoms with Crippen LogP contribution in [0.15, 0.2) is 189 Å². The molecular weight excluding hydrogens is 797 g/mol. The average Bonchev–Trinajstić information content (AvgIpc) is 3.56. The summed E-state index contributed by atoms with van der Waals surface area (Å²) in [6, 6.07) is 68.5. The summed E-state index contributed by atoms with van der Waals surface area (Å²) in [7, 11) is -2.15. The van der Waals surface area contributed by atoms with Gasteiger partial charge in [-0.3, -0.25) is 0 Å². The third-order valence-corrected chi connectivity index (χ3v) is 17.6. The zero-order valence-electron chi connectivity index (χ0n) is 37.8. The molecule has 312 valence electrons. The highest BCUT2D eigenvalue weighted by Gasteiger charge is 2.38. The lowest BCUT2D eigenvalue weighted by Gasteiger charge is -2.23. The molecule has 10 aromatic rings. The number of hydrogen-bond donors (Lipinski definition) is 0. The molecule has 0 N–H and O–H groups in total. The Bertz CT molecular complexity index is 3840. The highest BCUT2D eigenvalue weighted by atomic mass is 28.3. The van der Waals surface area contributed by atoms with Gasteiger partial charge in [-0.05, 0) is 175 Å². The molecule has 0 radical (unpaired) electrons. The first-order valence-corrected chi connectivity index (χ1v) is 26.2. The fraction of sp³-hybridized carbons (Fsp3) is 0.0938. The number of hydrogen-bond acceptors (Lipinski definition) is 0. The van der Waals surface area contributed by atoms with Gasteiger partial charge in [-0.25, -0.2) is 0 Å². The molecule has 0 fully saturated rings. The van der Waals surface area contributed by atoms with E-state index in [1.165, 1.54) is 113 Å². The van der Waals surface area contributed by atoms with Gasteiger partial charge >= 0.3 is 0 Å². The van der Waals surface area contributed by atoms with Crippen molar-refractivity contribution in [2.45, 2.75) is 39.8 Å². The molecule has 0 saturated heterocycles. The molecule has 1 aliphatic heterocycles. The van der Waals surface area contributed by atoms with Crippen molar-refractivity contribution >= 4 is 91.4 Å². The number of benzene rings is 10. The molecule has 0 unspecified atom stereocenters. The van der Waals surface area contributed by atoms with Crippen LogP contribution in [0.5, 0.6) is 0 Å². The second kappa shape index (κ2) is 16.3. The first kappa shape index (κ1) is 40.5. The van der Waals surface area contributed by atoms with E-state index in [0.717, 1.165) is 24.0 Å². The van der Waals surface area contributed by atoms with Crippen LogP contribution in [0.4, 0.5) is 0 Å². The molecule has 11 rings (SSSR count). The van der Waals surface area contributed by atoms with Crippen LogP contribution in [0, 0.1) is 0 Å². The Morgan fingerprint density at radius 1 is 0.477 bits per heavy atom. The van der Waals surface area contributed by atoms with Crippen molar-refractivity contribution in [3.8, 4) is 33.4 Å². The van der Waals surface area contributed by atoms with E-state index >= 15 is 0 Å². The van der Waals surface area contributed by atoms with Gasteiger partial charge in [0.05, 0.1) is 0 Å². The summed E-state index contributed by atoms with van der Waals surface area (Å²) in [4.78, 5) is 0. The van der Waals surface area contributed by atoms with Crippen LogP contribution in [-0.2, 0) is 6.42 Å². The van der Waals surface area contributed by atoms with E-state index in [1.54, 1.807) is 0 Å². The first-order chi connectivity index (χ1) is 31.8. The standard InChI is InChI=1S/C64H52Si/c1-6-16-45-18-9-10-19-46(45)27-25-43-26-33-55-57-40-59-60(41-62(57)65(4,5)61(55)36-43)64(54-31-29-48-21-12-15-24-52(48)38-54)58-39-49(42(3)35-50-22-13-8-17-44(50)7-2)32-34-56(58)63(59)53-30-28-47-20-11-14-23-51(47)37-53/h7-24,26-41H,3,6,25H2,1-2,4-5H3. The monoisotopic (exact) mass is 848 g/mol. The molecule has 1 aliphatic rings. The summed E-state index contributed by atoms with van der Waals surface area (Å²) >= 11 is 0. The van der Waals surface area contributed by atoms with Crippen LogP contribution in [-0.4, -0.2) is 8.07 Å². The smallest absolute Gasteiger partial charge is 0.0911 e. The van der Waals surface area contributed by atoms with Gasteiger partial charge in [-0.2, -0.15) is 0 Å². The van der Waals surface area contributed by atoms with Gasteiger partial charge < -0.3 is 0 Å². The minimum Gasteiger partial charge on any atom is -0.0911 e. The van der Waals surface area contributed by atoms with Crippen LogP contribution in [0.2, 0.25) is 13.1 Å². The molecule has 0 amide bonds. The lowest BCUT2D eigenvalue weighted by Crippen LogP contribution is -2.49. The van der Waals surface area contributed by atoms with Crippen LogP contribution in [0.1, 0.15) is 31.4 Å². The SMILES string of the molecule is C=C(C=c1ccccc1=CC)c1ccc2c(-c3ccc4ccccc4c3)c3cc4c(cc3c(-c3ccc5ccccc5c3)c2c1)[Si](C)(C)c1cc(CC=c2ccccc2=CCC)ccc1-4. The Morgan fingerprint density at radius 3 is 1.69 bits per heavy atom. The van der Waals surface area contributed by atoms with E-state index in [-0.39, 0.29) is 0 Å². The summed E-state index contributed by atoms with van der Waals surface area (Å²) in [6.07, 6.45) is 11.1. The fourth-order valence-corrected chi connectivity index (χ4v) is 13.8. The van der Waals surface area contributed by atoms with Crippen molar-refractivity contribution < 1.29 is 0 Å². The van der Waals surface area contributed by atoms with Gasteiger partial charge in [0.1, 0.15) is 8.07 Å². The Hall–Kier alpha value is -7.32. The Morgan fingerprint density at radius 2 is 1.03 bits per heavy atom. The third kappa shape index (κ3) is 7.08. The highest BCUT2D eigenvalue weighted by Crippen LogP contribution is 2.47. The Kier molecular flexibility index (Phi) is 10.2. The van der Waals surface area contributed by atoms with Gasteiger partial charge in [0.15, 0.2) is 0 Å². The number of rotatable bonds is 7. The molecule has 0 spiro atoms. The quantitative estimate of drug-likeness (QED) is 0.111. The Balaban J connectivity index is 1.20. The molecule has 10 aromatic carbocycles. The van der Waals surface area contributed by atoms with Crippen molar-refractivity contribution in [3.05, 3.63) is 221 Å². The molecule has 1 heterocycles. The maximum atomic E-state index is 4.69. The van der Waals surface area contributed by atoms with Crippen molar-refractivity contribution in [3.63, 3.8) is 0 Å². The lowest BCUT2D eigenvalue weighted by molar-refractivity contribution is 1.27. The van der Waals surface area contributed by atoms with Crippen LogP contribution in [0.25, 0.3) is 106 Å². The predicted octanol–water partition coefficient (Wildman–Crippen LogP) is 12.9. The summed E-state index contributed by atoms with van der Waals surface area (Å²) < 4.78 is 0. The topological polar surface area (TPSA) is 0 Å². The van der Waals surface area contributed by atoms with Crippen molar-refractivity contribution in [2.24, 2.45) is 0 Å². The molecule has 0 aliphatic carbocycles. The third-order valence-electron chi connectivity index (χ3n) is 14.0. The maximum Gasteiger partial charge on any atom is 0.113 e. The average molecular weight is 849 g/mol. The molecule has 0 bridgehead atoms. The van der Waals surface area contributed by atoms with E-state index in [9.17, 15) is 0 Å². The van der Waals surface area contributed by atoms with E-state index in [2.05, 4.69) is 233 Å². The minimum atomic E-state index is -2.15. The van der Waals surface area contributed by atoms with Gasteiger partial charge in [-0.15, -0.1) is 0 Å². The maximum absolute atomic E-state index is 4.69. The highest BCUT2D eigenvalue weighted by molar-refractivity contribution is 7.04. The molecular formula is C64H52Si. The second-order valence-electron chi connectivity index (χ2n) is 18.3. The molecule has 0 atom stereocenters. The van der Waals surface area contributed by atoms with Crippen molar-refractivity contribution in [1.82, 2.24) is 0 Å². The first-order valence-electron chi connectivity index (χ1n) is 23.2. The van der Waals surface area contributed by atoms with Gasteiger partial charge in [0, 0.05) is 0 Å². The molecule has 0 nitrogen and oxygen atoms in total. The van der Waals surface area contributed by atoms with Gasteiger partial charge in [-0.1, -0.05) is 203 Å². The zero-order chi connectivity index (χ0) is 44.2. The molecule has 65 heavy (non-hydrogen) atoms. The summed E-state index contributed by atoms with van der Waals surface area (Å²) in [5.74, 6) is 0. The molecule has 0 aromatic heterocycles. The minimum absolute atomic E-state index is 0.904. The number of allylic oxidation sites excluding steroid dienone is 1. The Labute approximate surface area is 383 Å². The van der Waals surface area contributed by atoms with E-state index in [0.29, 0.717) is 0 Å². The van der Waals surface area contributed by atoms with Crippen LogP contribution in [0.3, 0.4) is 0 Å². The van der Waals surface area contributed by atoms with E-state index in [4.69, 9.17) is 6.58 Å². The summed E-state index contributed by atoms with van der Waals surface area (Å²) in [5.41, 5.74) is 11.3. The van der Waals surface area contributed by atoms with Crippen molar-refractivity contribution in [1.29, 1.82) is 0 Å². The fourth-order valence-electron chi connectivity index (χ4n) is 10.6. The zero-order valence-corrected chi connectivity index (χ0v) is 38.8. The summed E-state index contributed by atoms with van der Waals surface area (Å²) in [6.45, 7) is 14.1. The predicted molar refractivity (Wildman–Crippen MR) is 287 cm³/mol. The normalized spacial score (nSPS) is 14.2. The molecule has 1 heteroatoms. The number of fused-ring (bicyclic) bond motifs is 7. The van der Waals surface area contributed by atoms with Gasteiger partial charge in [0.25, 0.3) is 0 Å². The van der Waals surface area contributed by atoms with Crippen LogP contribution >= 0.6 is 0 Å². The van der Waals surface area contributed by atoms with E-state index < -0.39 is 8.07 Å². The lowest BCUT2D eigenvalue weighted by atomic mass is 9.83. The summed E-state index contributed by atoms with van der Waals surface area (Å²) in [5, 5.41) is 18.1. The van der Waals surface area contributed by atoms with Gasteiger partial charge in [0.2, 0.25) is 0 Å². The van der Waals surface area contributed by atoms with Crippen LogP contribution < -0.4 is 31.2 Å².